The highest BCUT2D eigenvalue weighted by Gasteiger charge is 2.39. The Balaban J connectivity index is 1.22. The van der Waals surface area contributed by atoms with Crippen molar-refractivity contribution in [1.82, 2.24) is 9.80 Å². The molecule has 7 nitrogen and oxygen atoms in total. The van der Waals surface area contributed by atoms with E-state index in [2.05, 4.69) is 57.2 Å². The minimum absolute atomic E-state index is 0.0360. The van der Waals surface area contributed by atoms with E-state index in [1.54, 1.807) is 12.3 Å². The van der Waals surface area contributed by atoms with Gasteiger partial charge in [0.15, 0.2) is 0 Å². The van der Waals surface area contributed by atoms with Crippen LogP contribution in [-0.2, 0) is 4.84 Å². The van der Waals surface area contributed by atoms with Gasteiger partial charge in [-0.05, 0) is 76.4 Å². The quantitative estimate of drug-likeness (QED) is 0.187. The minimum atomic E-state index is 0.0360. The molecule has 0 saturated carbocycles. The molecule has 5 rings (SSSR count). The smallest absolute Gasteiger partial charge is 0.265 e. The zero-order valence-corrected chi connectivity index (χ0v) is 23.7. The van der Waals surface area contributed by atoms with Gasteiger partial charge in [-0.15, -0.1) is 0 Å². The maximum Gasteiger partial charge on any atom is 0.265 e. The molecule has 3 heterocycles. The van der Waals surface area contributed by atoms with Gasteiger partial charge in [-0.2, -0.15) is 0 Å². The first-order valence-electron chi connectivity index (χ1n) is 13.5. The van der Waals surface area contributed by atoms with Crippen LogP contribution < -0.4 is 4.73 Å². The van der Waals surface area contributed by atoms with E-state index in [9.17, 15) is 10.0 Å². The monoisotopic (exact) mass is 579 g/mol. The Hall–Kier alpha value is -2.97. The van der Waals surface area contributed by atoms with Gasteiger partial charge in [0, 0.05) is 45.9 Å². The van der Waals surface area contributed by atoms with Crippen LogP contribution in [0.1, 0.15) is 55.5 Å². The van der Waals surface area contributed by atoms with Gasteiger partial charge in [-0.3, -0.25) is 14.9 Å². The normalized spacial score (nSPS) is 19.0. The second-order valence-electron chi connectivity index (χ2n) is 10.5. The number of halogens is 1. The van der Waals surface area contributed by atoms with Crippen LogP contribution in [0.4, 0.5) is 0 Å². The SMILES string of the molecule is CCO/N=C(\c1ccc(Br)cc1)C1CCN(C2(C)CCN(C(=O)c3cc[n+](O)c4ccccc34)CC2)CC1. The highest BCUT2D eigenvalue weighted by Crippen LogP contribution is 2.34. The van der Waals surface area contributed by atoms with Crippen LogP contribution in [0, 0.1) is 5.92 Å². The molecule has 2 saturated heterocycles. The molecular formula is C30H36BrN4O3+. The number of fused-ring (bicyclic) bond motifs is 1. The number of rotatable bonds is 6. The van der Waals surface area contributed by atoms with Crippen molar-refractivity contribution in [2.75, 3.05) is 32.8 Å². The summed E-state index contributed by atoms with van der Waals surface area (Å²) in [7, 11) is 0. The van der Waals surface area contributed by atoms with Crippen LogP contribution in [0.5, 0.6) is 0 Å². The van der Waals surface area contributed by atoms with Gasteiger partial charge in [0.25, 0.3) is 11.4 Å². The number of hydrogen-bond acceptors (Lipinski definition) is 5. The topological polar surface area (TPSA) is 69.2 Å². The number of hydrogen-bond donors (Lipinski definition) is 1. The van der Waals surface area contributed by atoms with E-state index >= 15 is 0 Å². The minimum Gasteiger partial charge on any atom is -0.396 e. The van der Waals surface area contributed by atoms with E-state index in [0.29, 0.717) is 23.6 Å². The standard InChI is InChI=1S/C30H36BrN4O3/c1-3-38-32-28(22-8-10-24(31)11-9-22)23-12-17-34(18-13-23)30(2)15-20-33(21-16-30)29(36)26-14-19-35(37)27-7-5-4-6-25(26)27/h4-11,14,19,23,37H,3,12-13,15-18,20-21H2,1-2H3/q+1/b32-28+. The van der Waals surface area contributed by atoms with Crippen LogP contribution >= 0.6 is 15.9 Å². The fraction of sp³-hybridized carbons (Fsp3) is 0.433. The van der Waals surface area contributed by atoms with Gasteiger partial charge in [-0.25, -0.2) is 0 Å². The molecule has 200 valence electrons. The molecule has 1 amide bonds. The third-order valence-corrected chi connectivity index (χ3v) is 8.79. The Bertz CT molecular complexity index is 1310. The molecule has 2 aliphatic heterocycles. The van der Waals surface area contributed by atoms with Crippen molar-refractivity contribution in [2.24, 2.45) is 11.1 Å². The molecule has 0 radical (unpaired) electrons. The molecule has 0 unspecified atom stereocenters. The van der Waals surface area contributed by atoms with Crippen LogP contribution in [0.15, 0.2) is 70.4 Å². The lowest BCUT2D eigenvalue weighted by atomic mass is 9.82. The van der Waals surface area contributed by atoms with Crippen molar-refractivity contribution in [3.63, 3.8) is 0 Å². The number of para-hydroxylation sites is 1. The fourth-order valence-corrected chi connectivity index (χ4v) is 6.16. The number of benzene rings is 2. The number of likely N-dealkylation sites (tertiary alicyclic amines) is 2. The average molecular weight is 581 g/mol. The number of oxime groups is 1. The van der Waals surface area contributed by atoms with Crippen molar-refractivity contribution < 1.29 is 19.6 Å². The summed E-state index contributed by atoms with van der Waals surface area (Å²) in [6.07, 6.45) is 5.52. The molecule has 1 aromatic heterocycles. The molecule has 38 heavy (non-hydrogen) atoms. The van der Waals surface area contributed by atoms with Gasteiger partial charge >= 0.3 is 0 Å². The summed E-state index contributed by atoms with van der Waals surface area (Å²) >= 11 is 3.53. The lowest BCUT2D eigenvalue weighted by molar-refractivity contribution is -0.884. The predicted octanol–water partition coefficient (Wildman–Crippen LogP) is 5.27. The maximum atomic E-state index is 13.5. The Morgan fingerprint density at radius 3 is 2.45 bits per heavy atom. The number of carbonyl (C=O) groups is 1. The number of amides is 1. The molecule has 1 N–H and O–H groups in total. The molecule has 0 spiro atoms. The third-order valence-electron chi connectivity index (χ3n) is 8.26. The van der Waals surface area contributed by atoms with Crippen LogP contribution in [0.2, 0.25) is 0 Å². The lowest BCUT2D eigenvalue weighted by Crippen LogP contribution is -2.56. The number of nitrogens with zero attached hydrogens (tertiary/aromatic N) is 4. The van der Waals surface area contributed by atoms with Crippen molar-refractivity contribution >= 4 is 38.5 Å². The van der Waals surface area contributed by atoms with Crippen molar-refractivity contribution in [2.45, 2.75) is 45.1 Å². The zero-order valence-electron chi connectivity index (χ0n) is 22.1. The largest absolute Gasteiger partial charge is 0.396 e. The number of aromatic nitrogens is 1. The molecule has 2 aliphatic rings. The van der Waals surface area contributed by atoms with E-state index in [1.165, 1.54) is 0 Å². The summed E-state index contributed by atoms with van der Waals surface area (Å²) in [6.45, 7) is 8.36. The zero-order chi connectivity index (χ0) is 26.7. The average Bonchev–Trinajstić information content (AvgIpc) is 2.95. The lowest BCUT2D eigenvalue weighted by Gasteiger charge is -2.49. The molecule has 2 fully saturated rings. The molecular weight excluding hydrogens is 544 g/mol. The Morgan fingerprint density at radius 1 is 1.08 bits per heavy atom. The van der Waals surface area contributed by atoms with E-state index in [0.717, 1.165) is 77.7 Å². The van der Waals surface area contributed by atoms with E-state index in [-0.39, 0.29) is 11.4 Å². The first-order valence-corrected chi connectivity index (χ1v) is 14.3. The molecule has 2 aromatic carbocycles. The van der Waals surface area contributed by atoms with Crippen LogP contribution in [-0.4, -0.2) is 65.0 Å². The summed E-state index contributed by atoms with van der Waals surface area (Å²) in [5.41, 5.74) is 3.52. The van der Waals surface area contributed by atoms with Crippen LogP contribution in [0.25, 0.3) is 10.9 Å². The van der Waals surface area contributed by atoms with Crippen molar-refractivity contribution in [3.8, 4) is 0 Å². The molecule has 3 aromatic rings. The third kappa shape index (κ3) is 5.43. The summed E-state index contributed by atoms with van der Waals surface area (Å²) in [5, 5.41) is 15.4. The summed E-state index contributed by atoms with van der Waals surface area (Å²) in [6, 6.07) is 17.5. The molecule has 8 heteroatoms. The summed E-state index contributed by atoms with van der Waals surface area (Å²) in [4.78, 5) is 23.6. The van der Waals surface area contributed by atoms with Crippen molar-refractivity contribution in [3.05, 3.63) is 76.4 Å². The maximum absolute atomic E-state index is 13.5. The Kier molecular flexibility index (Phi) is 8.00. The summed E-state index contributed by atoms with van der Waals surface area (Å²) in [5.74, 6) is 0.402. The number of carbonyl (C=O) groups excluding carboxylic acids is 1. The van der Waals surface area contributed by atoms with Gasteiger partial charge in [-0.1, -0.05) is 45.4 Å². The first kappa shape index (κ1) is 26.6. The molecule has 0 atom stereocenters. The van der Waals surface area contributed by atoms with Crippen LogP contribution in [0.3, 0.4) is 0 Å². The predicted molar refractivity (Wildman–Crippen MR) is 151 cm³/mol. The molecule has 0 aliphatic carbocycles. The Morgan fingerprint density at radius 2 is 1.76 bits per heavy atom. The highest BCUT2D eigenvalue weighted by atomic mass is 79.9. The van der Waals surface area contributed by atoms with E-state index < -0.39 is 0 Å². The number of pyridine rings is 1. The fourth-order valence-electron chi connectivity index (χ4n) is 5.89. The van der Waals surface area contributed by atoms with Gasteiger partial charge < -0.3 is 9.74 Å². The van der Waals surface area contributed by atoms with E-state index in [4.69, 9.17) is 4.84 Å². The highest BCUT2D eigenvalue weighted by molar-refractivity contribution is 9.10. The van der Waals surface area contributed by atoms with Gasteiger partial charge in [0.05, 0.1) is 16.7 Å². The van der Waals surface area contributed by atoms with E-state index in [1.807, 2.05) is 36.1 Å². The first-order chi connectivity index (χ1) is 18.4. The number of piperidine rings is 2. The van der Waals surface area contributed by atoms with Crippen molar-refractivity contribution in [1.29, 1.82) is 0 Å². The Labute approximate surface area is 232 Å². The van der Waals surface area contributed by atoms with Gasteiger partial charge in [0.1, 0.15) is 6.61 Å². The van der Waals surface area contributed by atoms with Gasteiger partial charge in [0.2, 0.25) is 6.20 Å². The second-order valence-corrected chi connectivity index (χ2v) is 11.5. The molecule has 0 bridgehead atoms. The summed E-state index contributed by atoms with van der Waals surface area (Å²) < 4.78 is 2.13. The second kappa shape index (κ2) is 11.4.